The van der Waals surface area contributed by atoms with Gasteiger partial charge in [-0.15, -0.1) is 0 Å². The maximum atomic E-state index is 12.4. The minimum Gasteiger partial charge on any atom is -0.394 e. The molecule has 3 heterocycles. The Labute approximate surface area is 183 Å². The molecule has 1 amide bonds. The van der Waals surface area contributed by atoms with Crippen LogP contribution in [0.5, 0.6) is 0 Å². The highest BCUT2D eigenvalue weighted by Crippen LogP contribution is 2.32. The van der Waals surface area contributed by atoms with Gasteiger partial charge in [0.15, 0.2) is 12.6 Å². The van der Waals surface area contributed by atoms with Gasteiger partial charge in [-0.05, 0) is 12.1 Å². The maximum Gasteiger partial charge on any atom is 0.225 e. The molecule has 32 heavy (non-hydrogen) atoms. The number of aliphatic hydroxyl groups is 7. The van der Waals surface area contributed by atoms with Gasteiger partial charge in [-0.25, -0.2) is 4.98 Å². The summed E-state index contributed by atoms with van der Waals surface area (Å²) < 4.78 is 16.3. The summed E-state index contributed by atoms with van der Waals surface area (Å²) in [7, 11) is 0. The highest BCUT2D eigenvalue weighted by Gasteiger charge is 2.52. The molecule has 13 heteroatoms. The van der Waals surface area contributed by atoms with Gasteiger partial charge in [0.2, 0.25) is 5.91 Å². The monoisotopic (exact) mass is 460 g/mol. The normalized spacial score (nSPS) is 40.1. The van der Waals surface area contributed by atoms with Crippen molar-refractivity contribution in [3.63, 3.8) is 0 Å². The first kappa shape index (κ1) is 24.9. The summed E-state index contributed by atoms with van der Waals surface area (Å²) in [5, 5.41) is 70.7. The minimum atomic E-state index is -1.77. The SMILES string of the molecule is CC(=O)N(c1ccccn1)[C@@H]1[C@@H](O)[C@H](O[C@@H]2O[C@H](CO)[C@H](O)[C@H](O)[C@H]2O)[C@@H](CO)O[C@H]1O. The Morgan fingerprint density at radius 3 is 2.25 bits per heavy atom. The van der Waals surface area contributed by atoms with Crippen LogP contribution in [0, 0.1) is 0 Å². The summed E-state index contributed by atoms with van der Waals surface area (Å²) in [6, 6.07) is 3.27. The lowest BCUT2D eigenvalue weighted by atomic mass is 9.94. The quantitative estimate of drug-likeness (QED) is 0.217. The van der Waals surface area contributed by atoms with Crippen molar-refractivity contribution in [2.45, 2.75) is 68.3 Å². The van der Waals surface area contributed by atoms with Crippen molar-refractivity contribution in [2.24, 2.45) is 0 Å². The van der Waals surface area contributed by atoms with E-state index in [9.17, 15) is 40.5 Å². The van der Waals surface area contributed by atoms with Crippen LogP contribution in [-0.2, 0) is 19.0 Å². The zero-order valence-corrected chi connectivity index (χ0v) is 17.2. The first-order chi connectivity index (χ1) is 15.2. The fourth-order valence-corrected chi connectivity index (χ4v) is 3.87. The first-order valence-corrected chi connectivity index (χ1v) is 10.0. The molecule has 0 saturated carbocycles. The van der Waals surface area contributed by atoms with E-state index in [1.54, 1.807) is 12.1 Å². The Kier molecular flexibility index (Phi) is 8.11. The summed E-state index contributed by atoms with van der Waals surface area (Å²) in [6.07, 6.45) is -12.8. The van der Waals surface area contributed by atoms with Crippen LogP contribution < -0.4 is 4.90 Å². The molecule has 2 aliphatic heterocycles. The Hall–Kier alpha value is -1.78. The number of amides is 1. The summed E-state index contributed by atoms with van der Waals surface area (Å²) in [4.78, 5) is 17.4. The van der Waals surface area contributed by atoms with Crippen LogP contribution in [-0.4, -0.2) is 121 Å². The molecule has 1 aromatic rings. The molecule has 180 valence electrons. The van der Waals surface area contributed by atoms with Crippen molar-refractivity contribution >= 4 is 11.7 Å². The fraction of sp³-hybridized carbons (Fsp3) is 0.684. The Morgan fingerprint density at radius 1 is 1.00 bits per heavy atom. The van der Waals surface area contributed by atoms with E-state index in [0.29, 0.717) is 0 Å². The number of pyridine rings is 1. The molecule has 0 unspecified atom stereocenters. The lowest BCUT2D eigenvalue weighted by Gasteiger charge is -2.48. The van der Waals surface area contributed by atoms with Crippen LogP contribution >= 0.6 is 0 Å². The highest BCUT2D eigenvalue weighted by atomic mass is 16.7. The lowest BCUT2D eigenvalue weighted by Crippen LogP contribution is -2.68. The number of rotatable bonds is 6. The van der Waals surface area contributed by atoms with Gasteiger partial charge in [0.05, 0.1) is 13.2 Å². The van der Waals surface area contributed by atoms with Crippen LogP contribution in [0.1, 0.15) is 6.92 Å². The number of carbonyl (C=O) groups is 1. The topological polar surface area (TPSA) is 202 Å². The third kappa shape index (κ3) is 4.77. The summed E-state index contributed by atoms with van der Waals surface area (Å²) in [5.74, 6) is -0.467. The Bertz CT molecular complexity index is 754. The molecule has 2 fully saturated rings. The number of hydrogen-bond donors (Lipinski definition) is 7. The zero-order chi connectivity index (χ0) is 23.6. The van der Waals surface area contributed by atoms with Crippen LogP contribution in [0.3, 0.4) is 0 Å². The molecular formula is C19H28N2O11. The van der Waals surface area contributed by atoms with Gasteiger partial charge >= 0.3 is 0 Å². The molecule has 2 aliphatic rings. The van der Waals surface area contributed by atoms with E-state index in [4.69, 9.17) is 14.2 Å². The molecule has 0 spiro atoms. The van der Waals surface area contributed by atoms with Crippen molar-refractivity contribution in [3.8, 4) is 0 Å². The molecule has 0 aliphatic carbocycles. The largest absolute Gasteiger partial charge is 0.394 e. The van der Waals surface area contributed by atoms with Gasteiger partial charge in [-0.1, -0.05) is 6.07 Å². The average molecular weight is 460 g/mol. The Morgan fingerprint density at radius 2 is 1.69 bits per heavy atom. The minimum absolute atomic E-state index is 0.112. The zero-order valence-electron chi connectivity index (χ0n) is 17.2. The maximum absolute atomic E-state index is 12.4. The van der Waals surface area contributed by atoms with E-state index in [0.717, 1.165) is 4.90 Å². The van der Waals surface area contributed by atoms with Gasteiger partial charge in [0.25, 0.3) is 0 Å². The molecule has 0 bridgehead atoms. The van der Waals surface area contributed by atoms with E-state index >= 15 is 0 Å². The average Bonchev–Trinajstić information content (AvgIpc) is 2.78. The van der Waals surface area contributed by atoms with Crippen LogP contribution in [0.25, 0.3) is 0 Å². The van der Waals surface area contributed by atoms with Crippen molar-refractivity contribution in [2.75, 3.05) is 18.1 Å². The molecule has 2 saturated heterocycles. The van der Waals surface area contributed by atoms with E-state index in [1.807, 2.05) is 0 Å². The van der Waals surface area contributed by atoms with Crippen LogP contribution in [0.2, 0.25) is 0 Å². The number of aromatic nitrogens is 1. The van der Waals surface area contributed by atoms with E-state index in [1.165, 1.54) is 19.2 Å². The standard InChI is InChI=1S/C19H28N2O11/c1-8(24)21(11-4-2-3-5-20-11)12-14(26)17(10(7-23)30-18(12)29)32-19-16(28)15(27)13(25)9(6-22)31-19/h2-5,9-10,12-19,22-23,25-29H,6-7H2,1H3/t9-,10-,12-,13+,14-,15+,16-,17-,18-,19+/m1/s1. The molecular weight excluding hydrogens is 432 g/mol. The van der Waals surface area contributed by atoms with Crippen LogP contribution in [0.15, 0.2) is 24.4 Å². The number of ether oxygens (including phenoxy) is 3. The van der Waals surface area contributed by atoms with Crippen molar-refractivity contribution in [3.05, 3.63) is 24.4 Å². The molecule has 10 atom stereocenters. The van der Waals surface area contributed by atoms with Gasteiger partial charge in [-0.3, -0.25) is 9.69 Å². The number of aliphatic hydroxyl groups excluding tert-OH is 7. The van der Waals surface area contributed by atoms with Crippen molar-refractivity contribution in [1.82, 2.24) is 4.98 Å². The molecule has 1 aromatic heterocycles. The molecule has 7 N–H and O–H groups in total. The van der Waals surface area contributed by atoms with E-state index in [-0.39, 0.29) is 5.82 Å². The summed E-state index contributed by atoms with van der Waals surface area (Å²) >= 11 is 0. The highest BCUT2D eigenvalue weighted by molar-refractivity contribution is 5.91. The predicted molar refractivity (Wildman–Crippen MR) is 104 cm³/mol. The smallest absolute Gasteiger partial charge is 0.225 e. The van der Waals surface area contributed by atoms with Gasteiger partial charge < -0.3 is 50.0 Å². The third-order valence-electron chi connectivity index (χ3n) is 5.51. The first-order valence-electron chi connectivity index (χ1n) is 10.0. The second-order valence-electron chi connectivity index (χ2n) is 7.60. The number of nitrogens with zero attached hydrogens (tertiary/aromatic N) is 2. The van der Waals surface area contributed by atoms with Crippen molar-refractivity contribution in [1.29, 1.82) is 0 Å². The third-order valence-corrected chi connectivity index (χ3v) is 5.51. The Balaban J connectivity index is 1.88. The summed E-state index contributed by atoms with van der Waals surface area (Å²) in [5.41, 5.74) is 0. The number of anilines is 1. The molecule has 0 aromatic carbocycles. The fourth-order valence-electron chi connectivity index (χ4n) is 3.87. The van der Waals surface area contributed by atoms with Crippen molar-refractivity contribution < 1.29 is 54.8 Å². The molecule has 0 radical (unpaired) electrons. The van der Waals surface area contributed by atoms with E-state index in [2.05, 4.69) is 4.98 Å². The predicted octanol–water partition coefficient (Wildman–Crippen LogP) is -3.94. The lowest BCUT2D eigenvalue weighted by molar-refractivity contribution is -0.344. The van der Waals surface area contributed by atoms with Gasteiger partial charge in [0.1, 0.15) is 54.6 Å². The van der Waals surface area contributed by atoms with E-state index < -0.39 is 80.5 Å². The second kappa shape index (κ2) is 10.4. The van der Waals surface area contributed by atoms with Crippen LogP contribution in [0.4, 0.5) is 5.82 Å². The van der Waals surface area contributed by atoms with Gasteiger partial charge in [-0.2, -0.15) is 0 Å². The number of hydrogen-bond acceptors (Lipinski definition) is 12. The molecule has 13 nitrogen and oxygen atoms in total. The summed E-state index contributed by atoms with van der Waals surface area (Å²) in [6.45, 7) is -0.219. The molecule has 3 rings (SSSR count). The number of carbonyl (C=O) groups excluding carboxylic acids is 1. The second-order valence-corrected chi connectivity index (χ2v) is 7.60. The van der Waals surface area contributed by atoms with Gasteiger partial charge in [0, 0.05) is 13.1 Å².